The van der Waals surface area contributed by atoms with E-state index in [2.05, 4.69) is 20.9 Å². The van der Waals surface area contributed by atoms with Crippen LogP contribution in [0.3, 0.4) is 0 Å². The van der Waals surface area contributed by atoms with Crippen LogP contribution < -0.4 is 0 Å². The fraction of sp³-hybridized carbons (Fsp3) is 0.375. The summed E-state index contributed by atoms with van der Waals surface area (Å²) in [5.74, 6) is -0.764. The van der Waals surface area contributed by atoms with Crippen molar-refractivity contribution in [1.82, 2.24) is 4.98 Å². The third-order valence-electron chi connectivity index (χ3n) is 1.79. The fourth-order valence-corrected chi connectivity index (χ4v) is 1.68. The Kier molecular flexibility index (Phi) is 3.67. The van der Waals surface area contributed by atoms with Crippen LogP contribution in [0.15, 0.2) is 6.07 Å². The molecule has 0 aliphatic rings. The molecular weight excluding hydrogens is 274 g/mol. The van der Waals surface area contributed by atoms with Crippen LogP contribution in [0, 0.1) is 17.0 Å². The summed E-state index contributed by atoms with van der Waals surface area (Å²) in [6.45, 7) is 1.52. The lowest BCUT2D eigenvalue weighted by molar-refractivity contribution is -0.391. The van der Waals surface area contributed by atoms with E-state index in [1.165, 1.54) is 13.0 Å². The molecule has 0 radical (unpaired) electrons. The van der Waals surface area contributed by atoms with Gasteiger partial charge in [0, 0.05) is 12.3 Å². The van der Waals surface area contributed by atoms with Crippen molar-refractivity contribution in [1.29, 1.82) is 0 Å². The van der Waals surface area contributed by atoms with Crippen molar-refractivity contribution in [3.05, 3.63) is 33.0 Å². The summed E-state index contributed by atoms with van der Waals surface area (Å²) in [6, 6.07) is 1.41. The second-order valence-electron chi connectivity index (χ2n) is 2.85. The highest BCUT2D eigenvalue weighted by molar-refractivity contribution is 9.08. The summed E-state index contributed by atoms with van der Waals surface area (Å²) in [7, 11) is 0. The van der Waals surface area contributed by atoms with Gasteiger partial charge >= 0.3 is 5.82 Å². The maximum atomic E-state index is 12.6. The highest BCUT2D eigenvalue weighted by Gasteiger charge is 2.27. The first kappa shape index (κ1) is 12.0. The molecule has 1 heterocycles. The van der Waals surface area contributed by atoms with Gasteiger partial charge in [0.15, 0.2) is 0 Å². The SMILES string of the molecule is Cc1cc(CBr)c(C(F)F)c([N+](=O)[O-])n1. The van der Waals surface area contributed by atoms with Gasteiger partial charge in [0.05, 0.1) is 0 Å². The number of hydrogen-bond acceptors (Lipinski definition) is 3. The van der Waals surface area contributed by atoms with Crippen molar-refractivity contribution in [3.63, 3.8) is 0 Å². The quantitative estimate of drug-likeness (QED) is 0.486. The summed E-state index contributed by atoms with van der Waals surface area (Å²) in [6.07, 6.45) is -2.90. The Morgan fingerprint density at radius 2 is 2.27 bits per heavy atom. The molecule has 7 heteroatoms. The molecule has 0 fully saturated rings. The zero-order valence-corrected chi connectivity index (χ0v) is 9.29. The predicted octanol–water partition coefficient (Wildman–Crippen LogP) is 3.13. The van der Waals surface area contributed by atoms with Crippen molar-refractivity contribution >= 4 is 21.7 Å². The molecule has 0 bridgehead atoms. The highest BCUT2D eigenvalue weighted by atomic mass is 79.9. The minimum absolute atomic E-state index is 0.136. The third-order valence-corrected chi connectivity index (χ3v) is 2.39. The van der Waals surface area contributed by atoms with Gasteiger partial charge in [-0.2, -0.15) is 0 Å². The number of pyridine rings is 1. The van der Waals surface area contributed by atoms with Crippen LogP contribution in [0.4, 0.5) is 14.6 Å². The smallest absolute Gasteiger partial charge is 0.358 e. The van der Waals surface area contributed by atoms with Gasteiger partial charge in [-0.1, -0.05) is 15.9 Å². The first-order chi connectivity index (χ1) is 6.97. The molecule has 0 unspecified atom stereocenters. The monoisotopic (exact) mass is 280 g/mol. The van der Waals surface area contributed by atoms with Gasteiger partial charge < -0.3 is 10.1 Å². The average Bonchev–Trinajstić information content (AvgIpc) is 2.15. The standard InChI is InChI=1S/C8H7BrF2N2O2/c1-4-2-5(3-9)6(7(10)11)8(12-4)13(14)15/h2,7H,3H2,1H3. The number of rotatable bonds is 3. The van der Waals surface area contributed by atoms with Crippen molar-refractivity contribution in [3.8, 4) is 0 Å². The van der Waals surface area contributed by atoms with Gasteiger partial charge in [-0.25, -0.2) is 8.78 Å². The number of hydrogen-bond donors (Lipinski definition) is 0. The van der Waals surface area contributed by atoms with Gasteiger partial charge in [-0.3, -0.25) is 0 Å². The van der Waals surface area contributed by atoms with Gasteiger partial charge in [0.1, 0.15) is 11.3 Å². The third kappa shape index (κ3) is 2.47. The molecule has 82 valence electrons. The molecule has 0 saturated carbocycles. The Balaban J connectivity index is 3.47. The van der Waals surface area contributed by atoms with E-state index in [0.29, 0.717) is 5.69 Å². The Bertz CT molecular complexity index is 398. The van der Waals surface area contributed by atoms with E-state index in [1.54, 1.807) is 0 Å². The minimum atomic E-state index is -2.90. The molecule has 15 heavy (non-hydrogen) atoms. The largest absolute Gasteiger partial charge is 0.372 e. The molecule has 0 aliphatic heterocycles. The Hall–Kier alpha value is -1.11. The van der Waals surface area contributed by atoms with Crippen molar-refractivity contribution in [2.24, 2.45) is 0 Å². The number of aromatic nitrogens is 1. The summed E-state index contributed by atoms with van der Waals surface area (Å²) in [5.41, 5.74) is -0.0628. The first-order valence-electron chi connectivity index (χ1n) is 3.96. The van der Waals surface area contributed by atoms with E-state index in [9.17, 15) is 18.9 Å². The molecule has 0 saturated heterocycles. The van der Waals surface area contributed by atoms with Crippen molar-refractivity contribution < 1.29 is 13.7 Å². The van der Waals surface area contributed by atoms with E-state index in [4.69, 9.17) is 0 Å². The van der Waals surface area contributed by atoms with Crippen LogP contribution in [-0.2, 0) is 5.33 Å². The Morgan fingerprint density at radius 3 is 2.67 bits per heavy atom. The number of nitro groups is 1. The van der Waals surface area contributed by atoms with Crippen molar-refractivity contribution in [2.45, 2.75) is 18.7 Å². The van der Waals surface area contributed by atoms with Crippen molar-refractivity contribution in [2.75, 3.05) is 0 Å². The lowest BCUT2D eigenvalue weighted by Gasteiger charge is -2.06. The van der Waals surface area contributed by atoms with E-state index in [-0.39, 0.29) is 10.9 Å². The summed E-state index contributed by atoms with van der Waals surface area (Å²) in [4.78, 5) is 13.2. The van der Waals surface area contributed by atoms with Crippen LogP contribution in [-0.4, -0.2) is 9.91 Å². The van der Waals surface area contributed by atoms with Gasteiger partial charge in [-0.05, 0) is 21.5 Å². The van der Waals surface area contributed by atoms with E-state index in [0.717, 1.165) is 0 Å². The molecule has 1 rings (SSSR count). The van der Waals surface area contributed by atoms with E-state index < -0.39 is 22.7 Å². The molecule has 0 aliphatic carbocycles. The molecule has 0 atom stereocenters. The molecule has 0 amide bonds. The second-order valence-corrected chi connectivity index (χ2v) is 3.41. The summed E-state index contributed by atoms with van der Waals surface area (Å²) in [5, 5.41) is 10.7. The van der Waals surface area contributed by atoms with E-state index >= 15 is 0 Å². The second kappa shape index (κ2) is 4.61. The minimum Gasteiger partial charge on any atom is -0.358 e. The van der Waals surface area contributed by atoms with Crippen LogP contribution in [0.5, 0.6) is 0 Å². The van der Waals surface area contributed by atoms with Crippen LogP contribution in [0.25, 0.3) is 0 Å². The Labute approximate surface area is 92.6 Å². The lowest BCUT2D eigenvalue weighted by atomic mass is 10.1. The number of nitrogens with zero attached hydrogens (tertiary/aromatic N) is 2. The molecule has 1 aromatic rings. The zero-order chi connectivity index (χ0) is 11.6. The predicted molar refractivity (Wildman–Crippen MR) is 53.2 cm³/mol. The first-order valence-corrected chi connectivity index (χ1v) is 5.08. The molecule has 0 N–H and O–H groups in total. The topological polar surface area (TPSA) is 56.0 Å². The van der Waals surface area contributed by atoms with Gasteiger partial charge in [-0.15, -0.1) is 0 Å². The Morgan fingerprint density at radius 1 is 1.67 bits per heavy atom. The molecule has 0 aromatic carbocycles. The van der Waals surface area contributed by atoms with Crippen LogP contribution in [0.1, 0.15) is 23.2 Å². The van der Waals surface area contributed by atoms with Crippen LogP contribution >= 0.6 is 15.9 Å². The summed E-state index contributed by atoms with van der Waals surface area (Å²) < 4.78 is 25.2. The summed E-state index contributed by atoms with van der Waals surface area (Å²) >= 11 is 3.01. The molecular formula is C8H7BrF2N2O2. The molecule has 1 aromatic heterocycles. The molecule has 0 spiro atoms. The number of halogens is 3. The maximum Gasteiger partial charge on any atom is 0.372 e. The van der Waals surface area contributed by atoms with Gasteiger partial charge in [0.2, 0.25) is 0 Å². The highest BCUT2D eigenvalue weighted by Crippen LogP contribution is 2.32. The average molecular weight is 281 g/mol. The van der Waals surface area contributed by atoms with E-state index in [1.807, 2.05) is 0 Å². The number of aryl methyl sites for hydroxylation is 1. The fourth-order valence-electron chi connectivity index (χ4n) is 1.22. The molecule has 4 nitrogen and oxygen atoms in total. The van der Waals surface area contributed by atoms with Crippen LogP contribution in [0.2, 0.25) is 0 Å². The van der Waals surface area contributed by atoms with Gasteiger partial charge in [0.25, 0.3) is 6.43 Å². The normalized spacial score (nSPS) is 10.7. The maximum absolute atomic E-state index is 12.6. The lowest BCUT2D eigenvalue weighted by Crippen LogP contribution is -2.04. The zero-order valence-electron chi connectivity index (χ0n) is 7.71. The number of alkyl halides is 3.